The topological polar surface area (TPSA) is 125 Å². The van der Waals surface area contributed by atoms with Gasteiger partial charge in [-0.15, -0.1) is 0 Å². The molecule has 1 atom stereocenters. The van der Waals surface area contributed by atoms with E-state index in [0.717, 1.165) is 23.9 Å². The van der Waals surface area contributed by atoms with Crippen LogP contribution in [0, 0.1) is 21.4 Å². The van der Waals surface area contributed by atoms with Gasteiger partial charge in [-0.05, 0) is 31.5 Å². The first-order chi connectivity index (χ1) is 16.5. The molecule has 0 saturated carbocycles. The summed E-state index contributed by atoms with van der Waals surface area (Å²) in [7, 11) is 0. The highest BCUT2D eigenvalue weighted by atomic mass is 35.5. The van der Waals surface area contributed by atoms with Crippen molar-refractivity contribution in [2.45, 2.75) is 19.8 Å². The summed E-state index contributed by atoms with van der Waals surface area (Å²) in [6.07, 6.45) is 0. The highest BCUT2D eigenvalue weighted by molar-refractivity contribution is 8.03. The number of allylic oxidation sites excluding steroid dienone is 3. The number of nitrogens with zero attached hydrogens (tertiary/aromatic N) is 2. The van der Waals surface area contributed by atoms with Gasteiger partial charge in [0.05, 0.1) is 49.0 Å². The number of carbonyl (C=O) groups is 2. The maximum atomic E-state index is 12.6. The monoisotopic (exact) mass is 550 g/mol. The lowest BCUT2D eigenvalue weighted by atomic mass is 9.81. The summed E-state index contributed by atoms with van der Waals surface area (Å²) in [6.45, 7) is 3.16. The van der Waals surface area contributed by atoms with Crippen LogP contribution in [0.2, 0.25) is 15.1 Å². The smallest absolute Gasteiger partial charge is 0.272 e. The number of carbonyl (C=O) groups excluding carboxylic acids is 2. The van der Waals surface area contributed by atoms with Crippen molar-refractivity contribution in [2.24, 2.45) is 0 Å². The van der Waals surface area contributed by atoms with Gasteiger partial charge in [0.25, 0.3) is 5.69 Å². The number of benzene rings is 2. The molecule has 8 nitrogen and oxygen atoms in total. The van der Waals surface area contributed by atoms with Gasteiger partial charge in [-0.25, -0.2) is 0 Å². The van der Waals surface area contributed by atoms with E-state index in [9.17, 15) is 25.0 Å². The quantitative estimate of drug-likeness (QED) is 0.309. The molecular formula is C23H17Cl3N4O4S. The number of non-ortho nitro benzene ring substituents is 1. The predicted molar refractivity (Wildman–Crippen MR) is 138 cm³/mol. The highest BCUT2D eigenvalue weighted by Gasteiger charge is 2.33. The summed E-state index contributed by atoms with van der Waals surface area (Å²) < 4.78 is 0. The first-order valence-electron chi connectivity index (χ1n) is 9.98. The molecule has 0 bridgehead atoms. The lowest BCUT2D eigenvalue weighted by Crippen LogP contribution is -2.27. The molecule has 1 unspecified atom stereocenters. The van der Waals surface area contributed by atoms with E-state index in [1.165, 1.54) is 6.92 Å². The van der Waals surface area contributed by atoms with Gasteiger partial charge >= 0.3 is 0 Å². The molecule has 12 heteroatoms. The van der Waals surface area contributed by atoms with Crippen molar-refractivity contribution in [3.63, 3.8) is 0 Å². The Hall–Kier alpha value is -3.03. The van der Waals surface area contributed by atoms with Crippen molar-refractivity contribution in [1.82, 2.24) is 5.32 Å². The number of amides is 1. The number of nitro benzene ring substituents is 1. The van der Waals surface area contributed by atoms with Crippen molar-refractivity contribution in [2.75, 3.05) is 11.1 Å². The first kappa shape index (κ1) is 26.6. The molecule has 35 heavy (non-hydrogen) atoms. The van der Waals surface area contributed by atoms with Crippen LogP contribution in [0.5, 0.6) is 0 Å². The van der Waals surface area contributed by atoms with Crippen LogP contribution in [-0.4, -0.2) is 22.4 Å². The van der Waals surface area contributed by atoms with Gasteiger partial charge in [-0.3, -0.25) is 19.7 Å². The standard InChI is InChI=1S/C23H17Cl3N4O4S/c1-11-20(12(2)31)21(13-3-5-14(24)6-4-13)16(9-27)23(28-11)35-10-19(32)29-22-17(25)7-15(30(33)34)8-18(22)26/h3-8,21,28H,10H2,1-2H3,(H,29,32). The van der Waals surface area contributed by atoms with Crippen molar-refractivity contribution in [3.05, 3.63) is 89.0 Å². The van der Waals surface area contributed by atoms with Crippen LogP contribution in [0.1, 0.15) is 25.3 Å². The second-order valence-electron chi connectivity index (χ2n) is 7.44. The van der Waals surface area contributed by atoms with Gasteiger partial charge in [0.1, 0.15) is 0 Å². The number of hydrogen-bond acceptors (Lipinski definition) is 7. The summed E-state index contributed by atoms with van der Waals surface area (Å²) in [5.41, 5.74) is 1.75. The van der Waals surface area contributed by atoms with Crippen LogP contribution in [0.25, 0.3) is 0 Å². The van der Waals surface area contributed by atoms with Gasteiger partial charge in [0.2, 0.25) is 5.91 Å². The number of anilines is 1. The molecule has 2 aromatic carbocycles. The maximum Gasteiger partial charge on any atom is 0.272 e. The zero-order valence-electron chi connectivity index (χ0n) is 18.3. The number of nitro groups is 1. The second-order valence-corrected chi connectivity index (χ2v) is 9.67. The molecule has 0 aromatic heterocycles. The van der Waals surface area contributed by atoms with Crippen molar-refractivity contribution in [3.8, 4) is 6.07 Å². The third-order valence-corrected chi connectivity index (χ3v) is 6.95. The van der Waals surface area contributed by atoms with Gasteiger partial charge in [0.15, 0.2) is 5.78 Å². The number of halogens is 3. The third-order valence-electron chi connectivity index (χ3n) is 5.08. The molecular weight excluding hydrogens is 535 g/mol. The van der Waals surface area contributed by atoms with Gasteiger partial charge in [-0.1, -0.05) is 58.7 Å². The molecule has 180 valence electrons. The molecule has 3 rings (SSSR count). The van der Waals surface area contributed by atoms with Crippen LogP contribution in [-0.2, 0) is 9.59 Å². The van der Waals surface area contributed by atoms with Crippen LogP contribution in [0.3, 0.4) is 0 Å². The minimum Gasteiger partial charge on any atom is -0.353 e. The molecule has 0 spiro atoms. The molecule has 1 amide bonds. The van der Waals surface area contributed by atoms with Gasteiger partial charge < -0.3 is 10.6 Å². The zero-order valence-corrected chi connectivity index (χ0v) is 21.4. The summed E-state index contributed by atoms with van der Waals surface area (Å²) >= 11 is 19.2. The number of Topliss-reactive ketones (excluding diaryl/α,β-unsaturated/α-hetero) is 1. The van der Waals surface area contributed by atoms with Crippen LogP contribution in [0.15, 0.2) is 58.3 Å². The van der Waals surface area contributed by atoms with Gasteiger partial charge in [0, 0.05) is 28.4 Å². The minimum atomic E-state index is -0.647. The molecule has 0 radical (unpaired) electrons. The normalized spacial score (nSPS) is 15.4. The Balaban J connectivity index is 1.86. The summed E-state index contributed by atoms with van der Waals surface area (Å²) in [6, 6.07) is 11.2. The molecule has 1 aliphatic rings. The van der Waals surface area contributed by atoms with Crippen LogP contribution in [0.4, 0.5) is 11.4 Å². The Morgan fingerprint density at radius 1 is 1.20 bits per heavy atom. The number of dihydropyridines is 1. The van der Waals surface area contributed by atoms with E-state index in [1.807, 2.05) is 0 Å². The van der Waals surface area contributed by atoms with Crippen LogP contribution < -0.4 is 10.6 Å². The Morgan fingerprint density at radius 3 is 2.31 bits per heavy atom. The molecule has 0 saturated heterocycles. The minimum absolute atomic E-state index is 0.0459. The van der Waals surface area contributed by atoms with Crippen molar-refractivity contribution < 1.29 is 14.5 Å². The lowest BCUT2D eigenvalue weighted by molar-refractivity contribution is -0.384. The zero-order chi connectivity index (χ0) is 25.9. The maximum absolute atomic E-state index is 12.6. The number of hydrogen-bond donors (Lipinski definition) is 2. The van der Waals surface area contributed by atoms with E-state index in [0.29, 0.717) is 26.9 Å². The van der Waals surface area contributed by atoms with E-state index in [4.69, 9.17) is 34.8 Å². The molecule has 0 fully saturated rings. The summed E-state index contributed by atoms with van der Waals surface area (Å²) in [5, 5.41) is 27.3. The average Bonchev–Trinajstić information content (AvgIpc) is 2.79. The van der Waals surface area contributed by atoms with Crippen LogP contribution >= 0.6 is 46.6 Å². The summed E-state index contributed by atoms with van der Waals surface area (Å²) in [4.78, 5) is 35.3. The third kappa shape index (κ3) is 5.97. The Kier molecular flexibility index (Phi) is 8.46. The summed E-state index contributed by atoms with van der Waals surface area (Å²) in [5.74, 6) is -1.44. The van der Waals surface area contributed by atoms with E-state index < -0.39 is 16.7 Å². The fraction of sp³-hybridized carbons (Fsp3) is 0.174. The predicted octanol–water partition coefficient (Wildman–Crippen LogP) is 6.21. The molecule has 1 heterocycles. The van der Waals surface area contributed by atoms with E-state index in [1.54, 1.807) is 31.2 Å². The second kappa shape index (κ2) is 11.1. The molecule has 2 aromatic rings. The number of nitrogens with one attached hydrogen (secondary N) is 2. The Bertz CT molecular complexity index is 1310. The average molecular weight is 552 g/mol. The molecule has 1 aliphatic heterocycles. The van der Waals surface area contributed by atoms with Gasteiger partial charge in [-0.2, -0.15) is 5.26 Å². The Morgan fingerprint density at radius 2 is 1.80 bits per heavy atom. The fourth-order valence-corrected chi connectivity index (χ4v) is 5.17. The highest BCUT2D eigenvalue weighted by Crippen LogP contribution is 2.41. The SMILES string of the molecule is CC(=O)C1=C(C)NC(SCC(=O)Nc2c(Cl)cc([N+](=O)[O-])cc2Cl)=C(C#N)C1c1ccc(Cl)cc1. The Labute approximate surface area is 220 Å². The number of thioether (sulfide) groups is 1. The molecule has 0 aliphatic carbocycles. The molecule has 2 N–H and O–H groups in total. The van der Waals surface area contributed by atoms with E-state index in [-0.39, 0.29) is 38.5 Å². The number of ketones is 1. The first-order valence-corrected chi connectivity index (χ1v) is 12.1. The lowest BCUT2D eigenvalue weighted by Gasteiger charge is -2.29. The fourth-order valence-electron chi connectivity index (χ4n) is 3.58. The number of rotatable bonds is 7. The van der Waals surface area contributed by atoms with E-state index >= 15 is 0 Å². The largest absolute Gasteiger partial charge is 0.353 e. The van der Waals surface area contributed by atoms with Crippen molar-refractivity contribution >= 4 is 69.6 Å². The van der Waals surface area contributed by atoms with E-state index in [2.05, 4.69) is 16.7 Å². The number of nitriles is 1. The van der Waals surface area contributed by atoms with Crippen molar-refractivity contribution in [1.29, 1.82) is 5.26 Å².